The molecule has 4 rings (SSSR count). The minimum atomic E-state index is 0.692. The number of fused-ring (bicyclic) bond motifs is 1. The fourth-order valence-corrected chi connectivity index (χ4v) is 3.13. The third-order valence-corrected chi connectivity index (χ3v) is 4.33. The Kier molecular flexibility index (Phi) is 2.97. The molecule has 4 aromatic heterocycles. The standard InChI is InChI=1S/C14H13N7S/c1-3-20-9(2)7-11(18-20)13-19-21-12(16-17-14(21)22-13)10-5-4-6-15-8-10/h4-8H,3H2,1-2H3. The Labute approximate surface area is 130 Å². The number of aromatic nitrogens is 7. The number of hydrogen-bond donors (Lipinski definition) is 0. The first-order chi connectivity index (χ1) is 10.8. The quantitative estimate of drug-likeness (QED) is 0.581. The maximum absolute atomic E-state index is 4.61. The third kappa shape index (κ3) is 2.00. The maximum atomic E-state index is 4.61. The second kappa shape index (κ2) is 4.99. The van der Waals surface area contributed by atoms with Gasteiger partial charge in [-0.3, -0.25) is 9.67 Å². The topological polar surface area (TPSA) is 73.8 Å². The van der Waals surface area contributed by atoms with Crippen molar-refractivity contribution in [3.8, 4) is 22.1 Å². The first-order valence-corrected chi connectivity index (χ1v) is 7.75. The highest BCUT2D eigenvalue weighted by Crippen LogP contribution is 2.27. The maximum Gasteiger partial charge on any atom is 0.235 e. The molecule has 0 saturated heterocycles. The average Bonchev–Trinajstić information content (AvgIpc) is 3.21. The fourth-order valence-electron chi connectivity index (χ4n) is 2.33. The summed E-state index contributed by atoms with van der Waals surface area (Å²) in [6, 6.07) is 5.85. The van der Waals surface area contributed by atoms with Crippen molar-refractivity contribution in [3.05, 3.63) is 36.3 Å². The van der Waals surface area contributed by atoms with Gasteiger partial charge in [-0.1, -0.05) is 11.3 Å². The molecule has 0 atom stereocenters. The Morgan fingerprint density at radius 2 is 2.14 bits per heavy atom. The number of hydrogen-bond acceptors (Lipinski definition) is 6. The van der Waals surface area contributed by atoms with E-state index in [9.17, 15) is 0 Å². The summed E-state index contributed by atoms with van der Waals surface area (Å²) in [6.07, 6.45) is 3.49. The first kappa shape index (κ1) is 13.1. The summed E-state index contributed by atoms with van der Waals surface area (Å²) < 4.78 is 3.71. The smallest absolute Gasteiger partial charge is 0.235 e. The van der Waals surface area contributed by atoms with Crippen molar-refractivity contribution in [1.82, 2.24) is 34.6 Å². The molecule has 0 amide bonds. The van der Waals surface area contributed by atoms with Crippen molar-refractivity contribution in [2.45, 2.75) is 20.4 Å². The molecule has 0 aliphatic heterocycles. The van der Waals surface area contributed by atoms with Gasteiger partial charge in [0, 0.05) is 30.2 Å². The van der Waals surface area contributed by atoms with Crippen LogP contribution in [0.5, 0.6) is 0 Å². The van der Waals surface area contributed by atoms with Crippen LogP contribution in [0.2, 0.25) is 0 Å². The van der Waals surface area contributed by atoms with Gasteiger partial charge in [0.25, 0.3) is 0 Å². The van der Waals surface area contributed by atoms with Gasteiger partial charge in [-0.2, -0.15) is 14.7 Å². The van der Waals surface area contributed by atoms with Crippen LogP contribution in [0, 0.1) is 6.92 Å². The van der Waals surface area contributed by atoms with Crippen LogP contribution in [0.3, 0.4) is 0 Å². The number of rotatable bonds is 3. The second-order valence-electron chi connectivity index (χ2n) is 4.85. The first-order valence-electron chi connectivity index (χ1n) is 6.93. The molecule has 0 unspecified atom stereocenters. The van der Waals surface area contributed by atoms with Gasteiger partial charge in [0.15, 0.2) is 10.8 Å². The van der Waals surface area contributed by atoms with Crippen LogP contribution < -0.4 is 0 Å². The lowest BCUT2D eigenvalue weighted by Gasteiger charge is -1.96. The van der Waals surface area contributed by atoms with Gasteiger partial charge in [-0.15, -0.1) is 10.2 Å². The largest absolute Gasteiger partial charge is 0.269 e. The molecule has 4 aromatic rings. The molecule has 0 aromatic carbocycles. The zero-order valence-corrected chi connectivity index (χ0v) is 12.9. The molecule has 0 fully saturated rings. The molecule has 0 aliphatic rings. The molecule has 0 N–H and O–H groups in total. The van der Waals surface area contributed by atoms with E-state index in [1.165, 1.54) is 11.3 Å². The van der Waals surface area contributed by atoms with Gasteiger partial charge in [0.05, 0.1) is 0 Å². The minimum absolute atomic E-state index is 0.692. The zero-order valence-electron chi connectivity index (χ0n) is 12.1. The highest BCUT2D eigenvalue weighted by atomic mass is 32.1. The van der Waals surface area contributed by atoms with Crippen molar-refractivity contribution >= 4 is 16.3 Å². The van der Waals surface area contributed by atoms with E-state index in [-0.39, 0.29) is 0 Å². The summed E-state index contributed by atoms with van der Waals surface area (Å²) >= 11 is 1.48. The van der Waals surface area contributed by atoms with Crippen molar-refractivity contribution in [2.24, 2.45) is 0 Å². The minimum Gasteiger partial charge on any atom is -0.269 e. The molecular formula is C14H13N7S. The van der Waals surface area contributed by atoms with Crippen LogP contribution in [0.1, 0.15) is 12.6 Å². The number of aryl methyl sites for hydroxylation is 2. The molecule has 7 nitrogen and oxygen atoms in total. The van der Waals surface area contributed by atoms with E-state index >= 15 is 0 Å². The number of nitrogens with zero attached hydrogens (tertiary/aromatic N) is 7. The molecule has 0 radical (unpaired) electrons. The lowest BCUT2D eigenvalue weighted by atomic mass is 10.3. The van der Waals surface area contributed by atoms with E-state index in [1.54, 1.807) is 16.9 Å². The van der Waals surface area contributed by atoms with Gasteiger partial charge in [-0.25, -0.2) is 0 Å². The Morgan fingerprint density at radius 3 is 2.86 bits per heavy atom. The SMILES string of the molecule is CCn1nc(-c2nn3c(-c4cccnc4)nnc3s2)cc1C. The summed E-state index contributed by atoms with van der Waals surface area (Å²) in [7, 11) is 0. The van der Waals surface area contributed by atoms with E-state index in [0.717, 1.165) is 33.5 Å². The Bertz CT molecular complexity index is 935. The lowest BCUT2D eigenvalue weighted by molar-refractivity contribution is 0.641. The predicted octanol–water partition coefficient (Wildman–Crippen LogP) is 2.44. The zero-order chi connectivity index (χ0) is 15.1. The van der Waals surface area contributed by atoms with Crippen molar-refractivity contribution in [2.75, 3.05) is 0 Å². The molecule has 22 heavy (non-hydrogen) atoms. The Balaban J connectivity index is 1.83. The van der Waals surface area contributed by atoms with Crippen LogP contribution in [0.25, 0.3) is 27.1 Å². The highest BCUT2D eigenvalue weighted by molar-refractivity contribution is 7.19. The summed E-state index contributed by atoms with van der Waals surface area (Å²) in [5.74, 6) is 0.692. The fraction of sp³-hybridized carbons (Fsp3) is 0.214. The van der Waals surface area contributed by atoms with Gasteiger partial charge >= 0.3 is 0 Å². The summed E-state index contributed by atoms with van der Waals surface area (Å²) in [5, 5.41) is 18.4. The Hall–Kier alpha value is -2.61. The molecule has 0 aliphatic carbocycles. The summed E-state index contributed by atoms with van der Waals surface area (Å²) in [6.45, 7) is 4.96. The summed E-state index contributed by atoms with van der Waals surface area (Å²) in [4.78, 5) is 4.87. The molecule has 0 spiro atoms. The van der Waals surface area contributed by atoms with E-state index in [1.807, 2.05) is 29.8 Å². The van der Waals surface area contributed by atoms with Crippen LogP contribution in [-0.4, -0.2) is 34.6 Å². The van der Waals surface area contributed by atoms with Gasteiger partial charge in [0.1, 0.15) is 5.69 Å². The summed E-state index contributed by atoms with van der Waals surface area (Å²) in [5.41, 5.74) is 2.88. The van der Waals surface area contributed by atoms with E-state index in [2.05, 4.69) is 32.3 Å². The Morgan fingerprint density at radius 1 is 1.23 bits per heavy atom. The van der Waals surface area contributed by atoms with Gasteiger partial charge in [0.2, 0.25) is 4.96 Å². The van der Waals surface area contributed by atoms with Crippen LogP contribution >= 0.6 is 11.3 Å². The highest BCUT2D eigenvalue weighted by Gasteiger charge is 2.16. The molecular weight excluding hydrogens is 298 g/mol. The molecule has 0 bridgehead atoms. The van der Waals surface area contributed by atoms with Crippen molar-refractivity contribution in [1.29, 1.82) is 0 Å². The molecule has 0 saturated carbocycles. The van der Waals surface area contributed by atoms with E-state index in [0.29, 0.717) is 5.82 Å². The predicted molar refractivity (Wildman–Crippen MR) is 83.5 cm³/mol. The monoisotopic (exact) mass is 311 g/mol. The van der Waals surface area contributed by atoms with Crippen molar-refractivity contribution < 1.29 is 0 Å². The van der Waals surface area contributed by atoms with Gasteiger partial charge in [-0.05, 0) is 32.0 Å². The van der Waals surface area contributed by atoms with Gasteiger partial charge < -0.3 is 0 Å². The van der Waals surface area contributed by atoms with Crippen LogP contribution in [-0.2, 0) is 6.54 Å². The van der Waals surface area contributed by atoms with Crippen LogP contribution in [0.4, 0.5) is 0 Å². The second-order valence-corrected chi connectivity index (χ2v) is 5.81. The molecule has 4 heterocycles. The third-order valence-electron chi connectivity index (χ3n) is 3.41. The normalized spacial score (nSPS) is 11.4. The molecule has 110 valence electrons. The number of pyridine rings is 1. The van der Waals surface area contributed by atoms with E-state index in [4.69, 9.17) is 0 Å². The van der Waals surface area contributed by atoms with Crippen molar-refractivity contribution in [3.63, 3.8) is 0 Å². The van der Waals surface area contributed by atoms with E-state index < -0.39 is 0 Å². The van der Waals surface area contributed by atoms with Crippen LogP contribution in [0.15, 0.2) is 30.6 Å². The molecule has 8 heteroatoms. The average molecular weight is 311 g/mol. The lowest BCUT2D eigenvalue weighted by Crippen LogP contribution is -1.98.